The Morgan fingerprint density at radius 1 is 1.06 bits per heavy atom. The number of ether oxygens (including phenoxy) is 2. The van der Waals surface area contributed by atoms with Crippen molar-refractivity contribution in [1.82, 2.24) is 10.2 Å². The second kappa shape index (κ2) is 12.0. The molecule has 168 valence electrons. The van der Waals surface area contributed by atoms with Crippen LogP contribution in [0.2, 0.25) is 0 Å². The van der Waals surface area contributed by atoms with Crippen LogP contribution in [-0.4, -0.2) is 43.0 Å². The standard InChI is InChI=1S/C25H34N2O4/c1-6-14-26-25(29)22(7-2)27(16-20-9-11-21(30-5)12-10-20)24(28)17-31-23-13-8-18(3)15-19(23)4/h8-13,15,22H,6-7,14,16-17H2,1-5H3,(H,26,29)/t22-/m1/s1. The average Bonchev–Trinajstić information content (AvgIpc) is 2.77. The third-order valence-corrected chi connectivity index (χ3v) is 5.13. The average molecular weight is 427 g/mol. The highest BCUT2D eigenvalue weighted by Gasteiger charge is 2.28. The highest BCUT2D eigenvalue weighted by atomic mass is 16.5. The molecule has 0 spiro atoms. The zero-order valence-electron chi connectivity index (χ0n) is 19.2. The summed E-state index contributed by atoms with van der Waals surface area (Å²) in [5.74, 6) is 1.05. The van der Waals surface area contributed by atoms with Gasteiger partial charge in [0.1, 0.15) is 17.5 Å². The van der Waals surface area contributed by atoms with Crippen LogP contribution in [0.25, 0.3) is 0 Å². The van der Waals surface area contributed by atoms with Gasteiger partial charge in [-0.1, -0.05) is 43.7 Å². The quantitative estimate of drug-likeness (QED) is 0.589. The fourth-order valence-electron chi connectivity index (χ4n) is 3.40. The van der Waals surface area contributed by atoms with E-state index >= 15 is 0 Å². The van der Waals surface area contributed by atoms with E-state index in [1.165, 1.54) is 0 Å². The third-order valence-electron chi connectivity index (χ3n) is 5.13. The summed E-state index contributed by atoms with van der Waals surface area (Å²) in [5, 5.41) is 2.92. The maximum absolute atomic E-state index is 13.2. The first kappa shape index (κ1) is 24.3. The summed E-state index contributed by atoms with van der Waals surface area (Å²) in [6, 6.07) is 12.8. The van der Waals surface area contributed by atoms with Crippen molar-refractivity contribution in [2.24, 2.45) is 0 Å². The SMILES string of the molecule is CCCNC(=O)[C@@H](CC)N(Cc1ccc(OC)cc1)C(=O)COc1ccc(C)cc1C. The Hall–Kier alpha value is -3.02. The largest absolute Gasteiger partial charge is 0.497 e. The molecule has 2 rings (SSSR count). The lowest BCUT2D eigenvalue weighted by Crippen LogP contribution is -2.50. The zero-order chi connectivity index (χ0) is 22.8. The molecule has 6 heteroatoms. The molecule has 2 aromatic rings. The minimum absolute atomic E-state index is 0.127. The summed E-state index contributed by atoms with van der Waals surface area (Å²) in [5.41, 5.74) is 3.03. The van der Waals surface area contributed by atoms with Crippen LogP contribution < -0.4 is 14.8 Å². The van der Waals surface area contributed by atoms with Crippen LogP contribution >= 0.6 is 0 Å². The fourth-order valence-corrected chi connectivity index (χ4v) is 3.40. The molecule has 2 amide bonds. The Kier molecular flexibility index (Phi) is 9.38. The molecule has 1 atom stereocenters. The Bertz CT molecular complexity index is 864. The maximum atomic E-state index is 13.2. The van der Waals surface area contributed by atoms with Crippen molar-refractivity contribution in [2.75, 3.05) is 20.3 Å². The molecule has 0 aliphatic rings. The predicted molar refractivity (Wildman–Crippen MR) is 122 cm³/mol. The van der Waals surface area contributed by atoms with Crippen molar-refractivity contribution in [2.45, 2.75) is 53.1 Å². The minimum atomic E-state index is -0.566. The summed E-state index contributed by atoms with van der Waals surface area (Å²) in [6.07, 6.45) is 1.35. The normalized spacial score (nSPS) is 11.5. The lowest BCUT2D eigenvalue weighted by Gasteiger charge is -2.30. The summed E-state index contributed by atoms with van der Waals surface area (Å²) < 4.78 is 11.0. The van der Waals surface area contributed by atoms with E-state index in [2.05, 4.69) is 5.32 Å². The molecule has 0 radical (unpaired) electrons. The number of amides is 2. The third kappa shape index (κ3) is 7.02. The molecule has 0 fully saturated rings. The molecule has 0 saturated heterocycles. The van der Waals surface area contributed by atoms with E-state index in [0.29, 0.717) is 25.3 Å². The highest BCUT2D eigenvalue weighted by Crippen LogP contribution is 2.20. The van der Waals surface area contributed by atoms with Gasteiger partial charge in [-0.25, -0.2) is 0 Å². The Balaban J connectivity index is 2.20. The molecule has 2 aromatic carbocycles. The molecule has 0 aromatic heterocycles. The van der Waals surface area contributed by atoms with Gasteiger partial charge in [0, 0.05) is 13.1 Å². The van der Waals surface area contributed by atoms with Crippen molar-refractivity contribution < 1.29 is 19.1 Å². The van der Waals surface area contributed by atoms with Crippen LogP contribution in [0.3, 0.4) is 0 Å². The van der Waals surface area contributed by atoms with E-state index in [4.69, 9.17) is 9.47 Å². The van der Waals surface area contributed by atoms with Crippen molar-refractivity contribution >= 4 is 11.8 Å². The maximum Gasteiger partial charge on any atom is 0.261 e. The molecule has 0 heterocycles. The number of rotatable bonds is 11. The molecule has 31 heavy (non-hydrogen) atoms. The predicted octanol–water partition coefficient (Wildman–Crippen LogP) is 4.02. The van der Waals surface area contributed by atoms with Gasteiger partial charge in [0.05, 0.1) is 7.11 Å². The number of nitrogens with zero attached hydrogens (tertiary/aromatic N) is 1. The zero-order valence-corrected chi connectivity index (χ0v) is 19.2. The lowest BCUT2D eigenvalue weighted by atomic mass is 10.1. The first-order chi connectivity index (χ1) is 14.9. The second-order valence-electron chi connectivity index (χ2n) is 7.64. The minimum Gasteiger partial charge on any atom is -0.497 e. The molecule has 6 nitrogen and oxygen atoms in total. The first-order valence-electron chi connectivity index (χ1n) is 10.8. The molecule has 0 aliphatic carbocycles. The number of aryl methyl sites for hydroxylation is 2. The molecule has 0 unspecified atom stereocenters. The van der Waals surface area contributed by atoms with Gasteiger partial charge < -0.3 is 19.7 Å². The van der Waals surface area contributed by atoms with Gasteiger partial charge in [-0.3, -0.25) is 9.59 Å². The van der Waals surface area contributed by atoms with E-state index in [1.807, 2.05) is 70.2 Å². The molecular weight excluding hydrogens is 392 g/mol. The van der Waals surface area contributed by atoms with Gasteiger partial charge in [-0.15, -0.1) is 0 Å². The van der Waals surface area contributed by atoms with Crippen molar-refractivity contribution in [3.63, 3.8) is 0 Å². The Labute approximate surface area is 185 Å². The fraction of sp³-hybridized carbons (Fsp3) is 0.440. The Morgan fingerprint density at radius 3 is 2.35 bits per heavy atom. The van der Waals surface area contributed by atoms with Gasteiger partial charge >= 0.3 is 0 Å². The number of nitrogens with one attached hydrogen (secondary N) is 1. The molecule has 0 saturated carbocycles. The van der Waals surface area contributed by atoms with Gasteiger partial charge in [-0.05, 0) is 56.0 Å². The Morgan fingerprint density at radius 2 is 1.77 bits per heavy atom. The summed E-state index contributed by atoms with van der Waals surface area (Å²) in [4.78, 5) is 27.6. The highest BCUT2D eigenvalue weighted by molar-refractivity contribution is 5.88. The van der Waals surface area contributed by atoms with Crippen LogP contribution in [0.1, 0.15) is 43.4 Å². The second-order valence-corrected chi connectivity index (χ2v) is 7.64. The van der Waals surface area contributed by atoms with E-state index in [-0.39, 0.29) is 18.4 Å². The number of hydrogen-bond donors (Lipinski definition) is 1. The van der Waals surface area contributed by atoms with Gasteiger partial charge in [0.2, 0.25) is 5.91 Å². The molecule has 1 N–H and O–H groups in total. The number of benzene rings is 2. The van der Waals surface area contributed by atoms with Crippen molar-refractivity contribution in [1.29, 1.82) is 0 Å². The monoisotopic (exact) mass is 426 g/mol. The molecular formula is C25H34N2O4. The number of hydrogen-bond acceptors (Lipinski definition) is 4. The molecule has 0 bridgehead atoms. The smallest absolute Gasteiger partial charge is 0.261 e. The number of carbonyl (C=O) groups is 2. The summed E-state index contributed by atoms with van der Waals surface area (Å²) >= 11 is 0. The topological polar surface area (TPSA) is 67.9 Å². The number of methoxy groups -OCH3 is 1. The van der Waals surface area contributed by atoms with E-state index in [9.17, 15) is 9.59 Å². The van der Waals surface area contributed by atoms with Crippen LogP contribution in [-0.2, 0) is 16.1 Å². The van der Waals surface area contributed by atoms with Gasteiger partial charge in [-0.2, -0.15) is 0 Å². The first-order valence-corrected chi connectivity index (χ1v) is 10.8. The van der Waals surface area contributed by atoms with Gasteiger partial charge in [0.15, 0.2) is 6.61 Å². The lowest BCUT2D eigenvalue weighted by molar-refractivity contribution is -0.143. The van der Waals surface area contributed by atoms with Crippen LogP contribution in [0.5, 0.6) is 11.5 Å². The van der Waals surface area contributed by atoms with Crippen LogP contribution in [0, 0.1) is 13.8 Å². The van der Waals surface area contributed by atoms with E-state index < -0.39 is 6.04 Å². The van der Waals surface area contributed by atoms with E-state index in [0.717, 1.165) is 28.9 Å². The number of carbonyl (C=O) groups excluding carboxylic acids is 2. The summed E-state index contributed by atoms with van der Waals surface area (Å²) in [7, 11) is 1.61. The van der Waals surface area contributed by atoms with Crippen LogP contribution in [0.15, 0.2) is 42.5 Å². The van der Waals surface area contributed by atoms with E-state index in [1.54, 1.807) is 12.0 Å². The van der Waals surface area contributed by atoms with Crippen molar-refractivity contribution in [3.05, 3.63) is 59.2 Å². The van der Waals surface area contributed by atoms with Crippen molar-refractivity contribution in [3.8, 4) is 11.5 Å². The molecule has 0 aliphatic heterocycles. The summed E-state index contributed by atoms with van der Waals surface area (Å²) in [6.45, 7) is 8.65. The van der Waals surface area contributed by atoms with Crippen LogP contribution in [0.4, 0.5) is 0 Å². The van der Waals surface area contributed by atoms with Gasteiger partial charge in [0.25, 0.3) is 5.91 Å².